The van der Waals surface area contributed by atoms with E-state index in [1.807, 2.05) is 17.5 Å². The Morgan fingerprint density at radius 3 is 2.80 bits per heavy atom. The molecule has 1 N–H and O–H groups in total. The molecule has 0 atom stereocenters. The van der Waals surface area contributed by atoms with Gasteiger partial charge in [0.05, 0.1) is 5.01 Å². The third-order valence-corrected chi connectivity index (χ3v) is 4.14. The normalized spacial score (nSPS) is 17.4. The molecule has 3 nitrogen and oxygen atoms in total. The molecule has 0 unspecified atom stereocenters. The molecule has 1 saturated heterocycles. The lowest BCUT2D eigenvalue weighted by molar-refractivity contribution is 0.174. The second-order valence-corrected chi connectivity index (χ2v) is 5.69. The number of hydrogen-bond acceptors (Lipinski definition) is 4. The minimum Gasteiger partial charge on any atom is -0.314 e. The summed E-state index contributed by atoms with van der Waals surface area (Å²) in [4.78, 5) is 8.24. The molecule has 1 aliphatic heterocycles. The quantitative estimate of drug-likeness (QED) is 0.845. The number of hydrogen-bond donors (Lipinski definition) is 1. The van der Waals surface area contributed by atoms with Gasteiger partial charge in [0.2, 0.25) is 0 Å². The van der Waals surface area contributed by atoms with E-state index >= 15 is 0 Å². The highest BCUT2D eigenvalue weighted by atomic mass is 32.1. The summed E-state index contributed by atoms with van der Waals surface area (Å²) in [7, 11) is 2.19. The van der Waals surface area contributed by atoms with Gasteiger partial charge in [-0.15, -0.1) is 11.3 Å². The highest BCUT2D eigenvalue weighted by Gasteiger charge is 2.21. The molecule has 4 heteroatoms. The highest BCUT2D eigenvalue weighted by Crippen LogP contribution is 2.22. The van der Waals surface area contributed by atoms with Crippen LogP contribution in [0.1, 0.15) is 29.7 Å². The van der Waals surface area contributed by atoms with Crippen LogP contribution in [-0.4, -0.2) is 36.1 Å². The summed E-state index contributed by atoms with van der Waals surface area (Å²) >= 11 is 1.85. The van der Waals surface area contributed by atoms with Gasteiger partial charge in [-0.05, 0) is 7.05 Å². The summed E-state index contributed by atoms with van der Waals surface area (Å²) < 4.78 is 0. The second-order valence-electron chi connectivity index (χ2n) is 4.55. The molecule has 0 aromatic carbocycles. The summed E-state index contributed by atoms with van der Waals surface area (Å²) in [5, 5.41) is 4.55. The Morgan fingerprint density at radius 1 is 1.60 bits per heavy atom. The van der Waals surface area contributed by atoms with Crippen molar-refractivity contribution in [3.8, 4) is 0 Å². The fourth-order valence-electron chi connectivity index (χ4n) is 1.62. The number of thiazole rings is 1. The van der Waals surface area contributed by atoms with Gasteiger partial charge in [-0.1, -0.05) is 13.8 Å². The smallest absolute Gasteiger partial charge is 0.0953 e. The first-order valence-electron chi connectivity index (χ1n) is 5.52. The van der Waals surface area contributed by atoms with Gasteiger partial charge in [-0.25, -0.2) is 4.98 Å². The van der Waals surface area contributed by atoms with Gasteiger partial charge in [0, 0.05) is 42.7 Å². The first-order valence-corrected chi connectivity index (χ1v) is 6.34. The van der Waals surface area contributed by atoms with Crippen molar-refractivity contribution in [2.24, 2.45) is 0 Å². The third-order valence-electron chi connectivity index (χ3n) is 2.85. The summed E-state index contributed by atoms with van der Waals surface area (Å²) in [6, 6.07) is 0.717. The Kier molecular flexibility index (Phi) is 3.38. The molecule has 15 heavy (non-hydrogen) atoms. The van der Waals surface area contributed by atoms with Gasteiger partial charge in [0.1, 0.15) is 0 Å². The van der Waals surface area contributed by atoms with Gasteiger partial charge in [0.25, 0.3) is 0 Å². The SMILES string of the molecule is CC(C)c1ncc(CN(C)C2CNC2)s1. The number of nitrogens with zero attached hydrogens (tertiary/aromatic N) is 2. The molecule has 1 aromatic rings. The maximum Gasteiger partial charge on any atom is 0.0953 e. The fourth-order valence-corrected chi connectivity index (χ4v) is 2.61. The van der Waals surface area contributed by atoms with Crippen LogP contribution in [0.4, 0.5) is 0 Å². The minimum absolute atomic E-state index is 0.555. The fraction of sp³-hybridized carbons (Fsp3) is 0.727. The Balaban J connectivity index is 1.91. The zero-order valence-electron chi connectivity index (χ0n) is 9.66. The van der Waals surface area contributed by atoms with Crippen LogP contribution in [0, 0.1) is 0 Å². The van der Waals surface area contributed by atoms with Crippen LogP contribution >= 0.6 is 11.3 Å². The molecule has 1 aliphatic rings. The predicted octanol–water partition coefficient (Wildman–Crippen LogP) is 1.67. The maximum absolute atomic E-state index is 4.45. The second kappa shape index (κ2) is 4.60. The van der Waals surface area contributed by atoms with E-state index in [0.29, 0.717) is 5.92 Å². The van der Waals surface area contributed by atoms with Crippen LogP contribution in [0.5, 0.6) is 0 Å². The van der Waals surface area contributed by atoms with E-state index in [0.717, 1.165) is 25.7 Å². The minimum atomic E-state index is 0.555. The van der Waals surface area contributed by atoms with E-state index in [9.17, 15) is 0 Å². The van der Waals surface area contributed by atoms with Gasteiger partial charge in [0.15, 0.2) is 0 Å². The van der Waals surface area contributed by atoms with Crippen LogP contribution in [0.15, 0.2) is 6.20 Å². The summed E-state index contributed by atoms with van der Waals surface area (Å²) in [6.45, 7) is 7.69. The van der Waals surface area contributed by atoms with Gasteiger partial charge in [-0.2, -0.15) is 0 Å². The van der Waals surface area contributed by atoms with Crippen LogP contribution in [0.3, 0.4) is 0 Å². The number of likely N-dealkylation sites (N-methyl/N-ethyl adjacent to an activating group) is 1. The third kappa shape index (κ3) is 2.56. The van der Waals surface area contributed by atoms with Gasteiger partial charge in [-0.3, -0.25) is 4.90 Å². The first kappa shape index (κ1) is 11.0. The molecule has 0 saturated carbocycles. The van der Waals surface area contributed by atoms with E-state index in [4.69, 9.17) is 0 Å². The highest BCUT2D eigenvalue weighted by molar-refractivity contribution is 7.11. The van der Waals surface area contributed by atoms with Crippen molar-refractivity contribution in [1.29, 1.82) is 0 Å². The van der Waals surface area contributed by atoms with Crippen LogP contribution < -0.4 is 5.32 Å². The van der Waals surface area contributed by atoms with Crippen molar-refractivity contribution in [1.82, 2.24) is 15.2 Å². The molecule has 1 fully saturated rings. The molecular weight excluding hydrogens is 206 g/mol. The molecule has 0 aliphatic carbocycles. The largest absolute Gasteiger partial charge is 0.314 e. The average molecular weight is 225 g/mol. The Bertz CT molecular complexity index is 317. The molecule has 0 amide bonds. The van der Waals surface area contributed by atoms with E-state index in [1.54, 1.807) is 0 Å². The molecule has 84 valence electrons. The topological polar surface area (TPSA) is 28.2 Å². The van der Waals surface area contributed by atoms with Crippen molar-refractivity contribution in [2.75, 3.05) is 20.1 Å². The van der Waals surface area contributed by atoms with Gasteiger partial charge >= 0.3 is 0 Å². The van der Waals surface area contributed by atoms with Crippen molar-refractivity contribution >= 4 is 11.3 Å². The molecule has 0 radical (unpaired) electrons. The summed E-state index contributed by atoms with van der Waals surface area (Å²) in [5.41, 5.74) is 0. The van der Waals surface area contributed by atoms with Crippen molar-refractivity contribution in [3.05, 3.63) is 16.1 Å². The lowest BCUT2D eigenvalue weighted by Gasteiger charge is -2.35. The molecule has 2 rings (SSSR count). The Morgan fingerprint density at radius 2 is 2.33 bits per heavy atom. The average Bonchev–Trinajstić information content (AvgIpc) is 2.48. The molecule has 1 aromatic heterocycles. The van der Waals surface area contributed by atoms with Crippen LogP contribution in [0.25, 0.3) is 0 Å². The van der Waals surface area contributed by atoms with Crippen molar-refractivity contribution in [3.63, 3.8) is 0 Å². The number of rotatable bonds is 4. The maximum atomic E-state index is 4.45. The molecule has 2 heterocycles. The Labute approximate surface area is 95.5 Å². The van der Waals surface area contributed by atoms with E-state index in [-0.39, 0.29) is 0 Å². The molecule has 0 bridgehead atoms. The van der Waals surface area contributed by atoms with Crippen molar-refractivity contribution < 1.29 is 0 Å². The standard InChI is InChI=1S/C11H19N3S/c1-8(2)11-13-6-10(15-11)7-14(3)9-4-12-5-9/h6,8-9,12H,4-5,7H2,1-3H3. The van der Waals surface area contributed by atoms with Crippen LogP contribution in [-0.2, 0) is 6.54 Å². The Hall–Kier alpha value is -0.450. The van der Waals surface area contributed by atoms with Gasteiger partial charge < -0.3 is 5.32 Å². The first-order chi connectivity index (χ1) is 7.16. The van der Waals surface area contributed by atoms with E-state index < -0.39 is 0 Å². The number of nitrogens with one attached hydrogen (secondary N) is 1. The predicted molar refractivity (Wildman–Crippen MR) is 64.3 cm³/mol. The van der Waals surface area contributed by atoms with Crippen LogP contribution in [0.2, 0.25) is 0 Å². The monoisotopic (exact) mass is 225 g/mol. The van der Waals surface area contributed by atoms with E-state index in [1.165, 1.54) is 9.88 Å². The molecular formula is C11H19N3S. The summed E-state index contributed by atoms with van der Waals surface area (Å²) in [5.74, 6) is 0.555. The van der Waals surface area contributed by atoms with E-state index in [2.05, 4.69) is 36.1 Å². The lowest BCUT2D eigenvalue weighted by atomic mass is 10.1. The summed E-state index contributed by atoms with van der Waals surface area (Å²) in [6.07, 6.45) is 2.03. The zero-order valence-corrected chi connectivity index (χ0v) is 10.5. The lowest BCUT2D eigenvalue weighted by Crippen LogP contribution is -2.55. The molecule has 0 spiro atoms. The number of aromatic nitrogens is 1. The zero-order chi connectivity index (χ0) is 10.8. The van der Waals surface area contributed by atoms with Crippen molar-refractivity contribution in [2.45, 2.75) is 32.4 Å².